The van der Waals surface area contributed by atoms with E-state index in [0.717, 1.165) is 0 Å². The highest BCUT2D eigenvalue weighted by atomic mass is 79.9. The van der Waals surface area contributed by atoms with Crippen LogP contribution in [0.3, 0.4) is 0 Å². The quantitative estimate of drug-likeness (QED) is 0.495. The number of hydrogen-bond donors (Lipinski definition) is 0. The van der Waals surface area contributed by atoms with Crippen LogP contribution in [0.15, 0.2) is 0 Å². The third-order valence-electron chi connectivity index (χ3n) is 1.43. The zero-order chi connectivity index (χ0) is 8.97. The first kappa shape index (κ1) is 9.51. The average molecular weight is 237 g/mol. The van der Waals surface area contributed by atoms with Gasteiger partial charge in [0, 0.05) is 5.33 Å². The zero-order valence-corrected chi connectivity index (χ0v) is 8.00. The zero-order valence-electron chi connectivity index (χ0n) is 6.42. The average Bonchev–Trinajstić information content (AvgIpc) is 2.06. The minimum absolute atomic E-state index is 0.113. The highest BCUT2D eigenvalue weighted by molar-refractivity contribution is 9.09. The molecular formula is C7H9BrO4. The predicted octanol–water partition coefficient (Wildman–Crippen LogP) is 0.630. The molecule has 68 valence electrons. The van der Waals surface area contributed by atoms with Gasteiger partial charge in [-0.3, -0.25) is 9.59 Å². The normalized spacial score (nSPS) is 25.2. The van der Waals surface area contributed by atoms with Gasteiger partial charge in [-0.05, 0) is 0 Å². The van der Waals surface area contributed by atoms with Gasteiger partial charge in [0.2, 0.25) is 0 Å². The Kier molecular flexibility index (Phi) is 3.52. The first-order valence-corrected chi connectivity index (χ1v) is 4.75. The maximum Gasteiger partial charge on any atom is 0.306 e. The lowest BCUT2D eigenvalue weighted by atomic mass is 10.3. The molecule has 0 N–H and O–H groups in total. The Labute approximate surface area is 78.3 Å². The van der Waals surface area contributed by atoms with Gasteiger partial charge in [0.1, 0.15) is 12.7 Å². The molecule has 1 rings (SSSR count). The number of esters is 2. The van der Waals surface area contributed by atoms with Crippen LogP contribution in [-0.2, 0) is 19.1 Å². The summed E-state index contributed by atoms with van der Waals surface area (Å²) in [6, 6.07) is 0. The number of ether oxygens (including phenoxy) is 2. The summed E-state index contributed by atoms with van der Waals surface area (Å²) < 4.78 is 9.71. The van der Waals surface area contributed by atoms with E-state index in [4.69, 9.17) is 9.47 Å². The lowest BCUT2D eigenvalue weighted by Crippen LogP contribution is -2.29. The standard InChI is InChI=1S/C7H9BrO4/c8-3-5-4-11-6(9)1-2-7(10)12-5/h5H,1-4H2/t5-/m0/s1. The third-order valence-corrected chi connectivity index (χ3v) is 2.16. The highest BCUT2D eigenvalue weighted by Crippen LogP contribution is 2.07. The molecule has 1 aliphatic rings. The molecule has 0 unspecified atom stereocenters. The van der Waals surface area contributed by atoms with Gasteiger partial charge >= 0.3 is 11.9 Å². The third kappa shape index (κ3) is 2.81. The molecule has 0 amide bonds. The number of rotatable bonds is 1. The molecule has 1 heterocycles. The van der Waals surface area contributed by atoms with E-state index >= 15 is 0 Å². The lowest BCUT2D eigenvalue weighted by Gasteiger charge is -2.18. The van der Waals surface area contributed by atoms with Crippen molar-refractivity contribution in [3.8, 4) is 0 Å². The van der Waals surface area contributed by atoms with Gasteiger partial charge in [-0.2, -0.15) is 0 Å². The topological polar surface area (TPSA) is 52.6 Å². The van der Waals surface area contributed by atoms with Crippen LogP contribution in [-0.4, -0.2) is 30.0 Å². The molecule has 0 radical (unpaired) electrons. The van der Waals surface area contributed by atoms with Crippen molar-refractivity contribution >= 4 is 27.9 Å². The van der Waals surface area contributed by atoms with Crippen molar-refractivity contribution in [3.63, 3.8) is 0 Å². The molecule has 0 aromatic heterocycles. The van der Waals surface area contributed by atoms with Crippen molar-refractivity contribution in [2.45, 2.75) is 18.9 Å². The van der Waals surface area contributed by atoms with E-state index in [1.807, 2.05) is 0 Å². The van der Waals surface area contributed by atoms with Crippen LogP contribution in [0.1, 0.15) is 12.8 Å². The summed E-state index contributed by atoms with van der Waals surface area (Å²) in [4.78, 5) is 21.7. The van der Waals surface area contributed by atoms with E-state index < -0.39 is 0 Å². The van der Waals surface area contributed by atoms with Gasteiger partial charge in [-0.25, -0.2) is 0 Å². The van der Waals surface area contributed by atoms with Crippen molar-refractivity contribution in [2.75, 3.05) is 11.9 Å². The van der Waals surface area contributed by atoms with Crippen LogP contribution >= 0.6 is 15.9 Å². The molecule has 1 aliphatic heterocycles. The van der Waals surface area contributed by atoms with Crippen molar-refractivity contribution in [2.24, 2.45) is 0 Å². The van der Waals surface area contributed by atoms with Gasteiger partial charge in [-0.15, -0.1) is 0 Å². The largest absolute Gasteiger partial charge is 0.462 e. The van der Waals surface area contributed by atoms with Crippen molar-refractivity contribution in [1.82, 2.24) is 0 Å². The second-order valence-corrected chi connectivity index (χ2v) is 3.10. The maximum atomic E-state index is 10.9. The van der Waals surface area contributed by atoms with Crippen molar-refractivity contribution < 1.29 is 19.1 Å². The molecule has 0 bridgehead atoms. The molecule has 0 aliphatic carbocycles. The van der Waals surface area contributed by atoms with Crippen LogP contribution in [0.2, 0.25) is 0 Å². The molecule has 0 aromatic carbocycles. The van der Waals surface area contributed by atoms with Crippen LogP contribution < -0.4 is 0 Å². The Morgan fingerprint density at radius 3 is 2.67 bits per heavy atom. The SMILES string of the molecule is O=C1CCC(=O)O[C@@H](CBr)CO1. The minimum atomic E-state index is -0.346. The summed E-state index contributed by atoms with van der Waals surface area (Å²) in [5.74, 6) is -0.672. The summed E-state index contributed by atoms with van der Waals surface area (Å²) in [6.07, 6.45) is -0.113. The van der Waals surface area contributed by atoms with Crippen LogP contribution in [0.4, 0.5) is 0 Å². The monoisotopic (exact) mass is 236 g/mol. The fraction of sp³-hybridized carbons (Fsp3) is 0.714. The summed E-state index contributed by atoms with van der Waals surface area (Å²) in [7, 11) is 0. The van der Waals surface area contributed by atoms with E-state index in [9.17, 15) is 9.59 Å². The van der Waals surface area contributed by atoms with Gasteiger partial charge in [-0.1, -0.05) is 15.9 Å². The number of alkyl halides is 1. The summed E-state index contributed by atoms with van der Waals surface area (Å²) in [5, 5.41) is 0.492. The second-order valence-electron chi connectivity index (χ2n) is 2.45. The molecule has 1 atom stereocenters. The molecule has 0 saturated carbocycles. The van der Waals surface area contributed by atoms with Crippen LogP contribution in [0.5, 0.6) is 0 Å². The fourth-order valence-electron chi connectivity index (χ4n) is 0.817. The number of carbonyl (C=O) groups is 2. The summed E-state index contributed by atoms with van der Waals surface area (Å²) in [5.41, 5.74) is 0. The Morgan fingerprint density at radius 2 is 2.00 bits per heavy atom. The Morgan fingerprint density at radius 1 is 1.33 bits per heavy atom. The molecule has 1 fully saturated rings. The molecule has 5 heteroatoms. The van der Waals surface area contributed by atoms with Gasteiger partial charge < -0.3 is 9.47 Å². The minimum Gasteiger partial charge on any atom is -0.462 e. The Balaban J connectivity index is 2.48. The van der Waals surface area contributed by atoms with E-state index in [0.29, 0.717) is 5.33 Å². The summed E-state index contributed by atoms with van der Waals surface area (Å²) >= 11 is 3.15. The van der Waals surface area contributed by atoms with Crippen LogP contribution in [0.25, 0.3) is 0 Å². The van der Waals surface area contributed by atoms with E-state index in [1.165, 1.54) is 0 Å². The van der Waals surface area contributed by atoms with Crippen molar-refractivity contribution in [3.05, 3.63) is 0 Å². The smallest absolute Gasteiger partial charge is 0.306 e. The highest BCUT2D eigenvalue weighted by Gasteiger charge is 2.20. The van der Waals surface area contributed by atoms with Gasteiger partial charge in [0.15, 0.2) is 0 Å². The van der Waals surface area contributed by atoms with Gasteiger partial charge in [0.05, 0.1) is 12.8 Å². The van der Waals surface area contributed by atoms with E-state index in [-0.39, 0.29) is 37.5 Å². The lowest BCUT2D eigenvalue weighted by molar-refractivity contribution is -0.163. The Bertz CT molecular complexity index is 192. The predicted molar refractivity (Wildman–Crippen MR) is 43.9 cm³/mol. The molecule has 0 aromatic rings. The maximum absolute atomic E-state index is 10.9. The van der Waals surface area contributed by atoms with Crippen molar-refractivity contribution in [1.29, 1.82) is 0 Å². The fourth-order valence-corrected chi connectivity index (χ4v) is 1.14. The molecule has 12 heavy (non-hydrogen) atoms. The number of halogens is 1. The summed E-state index contributed by atoms with van der Waals surface area (Å²) in [6.45, 7) is 0.149. The first-order chi connectivity index (χ1) is 5.72. The van der Waals surface area contributed by atoms with E-state index in [2.05, 4.69) is 15.9 Å². The molecule has 4 nitrogen and oxygen atoms in total. The van der Waals surface area contributed by atoms with E-state index in [1.54, 1.807) is 0 Å². The Hall–Kier alpha value is -0.580. The number of cyclic esters (lactones) is 2. The second kappa shape index (κ2) is 4.45. The molecule has 0 spiro atoms. The molecular weight excluding hydrogens is 228 g/mol. The first-order valence-electron chi connectivity index (χ1n) is 3.63. The van der Waals surface area contributed by atoms with Crippen LogP contribution in [0, 0.1) is 0 Å². The van der Waals surface area contributed by atoms with Gasteiger partial charge in [0.25, 0.3) is 0 Å². The molecule has 1 saturated heterocycles. The number of hydrogen-bond acceptors (Lipinski definition) is 4. The number of carbonyl (C=O) groups excluding carboxylic acids is 2.